The predicted octanol–water partition coefficient (Wildman–Crippen LogP) is 3.24. The van der Waals surface area contributed by atoms with Gasteiger partial charge in [0.1, 0.15) is 12.4 Å². The summed E-state index contributed by atoms with van der Waals surface area (Å²) in [5, 5.41) is 9.41. The van der Waals surface area contributed by atoms with E-state index in [9.17, 15) is 4.79 Å². The number of halogens is 1. The Hall–Kier alpha value is -2.29. The Labute approximate surface area is 183 Å². The van der Waals surface area contributed by atoms with Gasteiger partial charge in [-0.15, -0.1) is 24.0 Å². The third kappa shape index (κ3) is 6.40. The van der Waals surface area contributed by atoms with E-state index >= 15 is 0 Å². The highest BCUT2D eigenvalue weighted by atomic mass is 127. The van der Waals surface area contributed by atoms with E-state index in [1.54, 1.807) is 7.05 Å². The molecule has 0 aromatic heterocycles. The van der Waals surface area contributed by atoms with Gasteiger partial charge in [0.2, 0.25) is 5.91 Å². The average Bonchev–Trinajstić information content (AvgIpc) is 2.68. The van der Waals surface area contributed by atoms with Gasteiger partial charge in [0.15, 0.2) is 5.96 Å². The molecule has 0 unspecified atom stereocenters. The normalized spacial score (nSPS) is 13.1. The second-order valence-electron chi connectivity index (χ2n) is 6.55. The highest BCUT2D eigenvalue weighted by Gasteiger charge is 2.14. The predicted molar refractivity (Wildman–Crippen MR) is 124 cm³/mol. The van der Waals surface area contributed by atoms with Crippen molar-refractivity contribution in [3.05, 3.63) is 59.2 Å². The molecule has 2 aromatic rings. The lowest BCUT2D eigenvalue weighted by Crippen LogP contribution is -2.38. The molecule has 1 heterocycles. The number of nitrogens with zero attached hydrogens (tertiary/aromatic N) is 1. The minimum Gasteiger partial charge on any atom is -0.492 e. The summed E-state index contributed by atoms with van der Waals surface area (Å²) in [5.74, 6) is 1.63. The van der Waals surface area contributed by atoms with Gasteiger partial charge in [-0.1, -0.05) is 29.8 Å². The van der Waals surface area contributed by atoms with Crippen molar-refractivity contribution in [2.75, 3.05) is 25.5 Å². The van der Waals surface area contributed by atoms with Crippen molar-refractivity contribution in [3.8, 4) is 5.75 Å². The molecular formula is C21H27IN4O2. The Morgan fingerprint density at radius 3 is 2.68 bits per heavy atom. The number of benzene rings is 2. The van der Waals surface area contributed by atoms with Crippen molar-refractivity contribution in [2.45, 2.75) is 26.3 Å². The van der Waals surface area contributed by atoms with Crippen molar-refractivity contribution in [3.63, 3.8) is 0 Å². The summed E-state index contributed by atoms with van der Waals surface area (Å²) >= 11 is 0. The fourth-order valence-corrected chi connectivity index (χ4v) is 2.90. The van der Waals surface area contributed by atoms with E-state index < -0.39 is 0 Å². The molecule has 6 nitrogen and oxygen atoms in total. The molecular weight excluding hydrogens is 467 g/mol. The molecule has 0 saturated heterocycles. The van der Waals surface area contributed by atoms with E-state index in [0.717, 1.165) is 35.9 Å². The number of carbonyl (C=O) groups excluding carboxylic acids is 1. The van der Waals surface area contributed by atoms with Crippen molar-refractivity contribution in [2.24, 2.45) is 4.99 Å². The number of anilines is 1. The maximum absolute atomic E-state index is 11.4. The number of fused-ring (bicyclic) bond motifs is 1. The maximum Gasteiger partial charge on any atom is 0.224 e. The van der Waals surface area contributed by atoms with Crippen LogP contribution < -0.4 is 20.7 Å². The molecule has 0 bridgehead atoms. The van der Waals surface area contributed by atoms with Crippen LogP contribution in [0.2, 0.25) is 0 Å². The molecule has 3 N–H and O–H groups in total. The van der Waals surface area contributed by atoms with Crippen LogP contribution in [-0.4, -0.2) is 32.1 Å². The molecule has 1 aliphatic heterocycles. The van der Waals surface area contributed by atoms with Gasteiger partial charge in [-0.25, -0.2) is 0 Å². The van der Waals surface area contributed by atoms with Gasteiger partial charge in [0.05, 0.1) is 6.54 Å². The van der Waals surface area contributed by atoms with Crippen LogP contribution in [0.25, 0.3) is 0 Å². The Kier molecular flexibility index (Phi) is 8.56. The van der Waals surface area contributed by atoms with Crippen LogP contribution >= 0.6 is 24.0 Å². The zero-order valence-electron chi connectivity index (χ0n) is 16.2. The summed E-state index contributed by atoms with van der Waals surface area (Å²) in [6.45, 7) is 3.96. The number of guanidine groups is 1. The first-order valence-electron chi connectivity index (χ1n) is 9.19. The van der Waals surface area contributed by atoms with E-state index in [4.69, 9.17) is 4.74 Å². The quantitative estimate of drug-likeness (QED) is 0.250. The number of carbonyl (C=O) groups is 1. The van der Waals surface area contributed by atoms with Gasteiger partial charge in [-0.05, 0) is 42.7 Å². The third-order valence-electron chi connectivity index (χ3n) is 4.44. The summed E-state index contributed by atoms with van der Waals surface area (Å²) in [7, 11) is 1.75. The van der Waals surface area contributed by atoms with Crippen molar-refractivity contribution >= 4 is 41.5 Å². The van der Waals surface area contributed by atoms with Crippen molar-refractivity contribution in [1.82, 2.24) is 10.6 Å². The molecule has 1 aliphatic rings. The highest BCUT2D eigenvalue weighted by molar-refractivity contribution is 14.0. The molecule has 28 heavy (non-hydrogen) atoms. The van der Waals surface area contributed by atoms with Crippen LogP contribution in [0, 0.1) is 6.92 Å². The number of nitrogens with one attached hydrogen (secondary N) is 3. The van der Waals surface area contributed by atoms with Gasteiger partial charge in [0.25, 0.3) is 0 Å². The molecule has 0 radical (unpaired) electrons. The van der Waals surface area contributed by atoms with E-state index in [1.807, 2.05) is 18.2 Å². The molecule has 2 aromatic carbocycles. The number of hydrogen-bond donors (Lipinski definition) is 3. The van der Waals surface area contributed by atoms with Gasteiger partial charge < -0.3 is 20.7 Å². The molecule has 150 valence electrons. The first-order chi connectivity index (χ1) is 13.1. The number of aryl methyl sites for hydroxylation is 2. The van der Waals surface area contributed by atoms with Crippen LogP contribution in [0.1, 0.15) is 23.1 Å². The number of rotatable bonds is 6. The zero-order chi connectivity index (χ0) is 19.1. The lowest BCUT2D eigenvalue weighted by molar-refractivity contribution is -0.116. The summed E-state index contributed by atoms with van der Waals surface area (Å²) in [5.41, 5.74) is 4.47. The molecule has 0 fully saturated rings. The average molecular weight is 494 g/mol. The van der Waals surface area contributed by atoms with Crippen molar-refractivity contribution < 1.29 is 9.53 Å². The summed E-state index contributed by atoms with van der Waals surface area (Å²) in [4.78, 5) is 15.6. The topological polar surface area (TPSA) is 74.8 Å². The standard InChI is InChI=1S/C21H26N4O2.HI/c1-15-3-5-16(6-4-15)14-24-21(22-2)23-11-12-27-18-8-9-19-17(13-18)7-10-20(26)25-19;/h3-6,8-9,13H,7,10-12,14H2,1-2H3,(H,25,26)(H2,22,23,24);1H. The SMILES string of the molecule is CN=C(NCCOc1ccc2c(c1)CCC(=O)N2)NCc1ccc(C)cc1.I. The van der Waals surface area contributed by atoms with Gasteiger partial charge in [-0.3, -0.25) is 9.79 Å². The van der Waals surface area contributed by atoms with E-state index in [2.05, 4.69) is 52.1 Å². The lowest BCUT2D eigenvalue weighted by Gasteiger charge is -2.18. The molecule has 7 heteroatoms. The lowest BCUT2D eigenvalue weighted by atomic mass is 10.0. The molecule has 0 spiro atoms. The fourth-order valence-electron chi connectivity index (χ4n) is 2.90. The minimum atomic E-state index is 0. The largest absolute Gasteiger partial charge is 0.492 e. The molecule has 3 rings (SSSR count). The zero-order valence-corrected chi connectivity index (χ0v) is 18.6. The first kappa shape index (κ1) is 22.0. The smallest absolute Gasteiger partial charge is 0.224 e. The van der Waals surface area contributed by atoms with E-state index in [-0.39, 0.29) is 29.9 Å². The van der Waals surface area contributed by atoms with Crippen LogP contribution in [0.3, 0.4) is 0 Å². The van der Waals surface area contributed by atoms with Gasteiger partial charge >= 0.3 is 0 Å². The molecule has 0 aliphatic carbocycles. The molecule has 0 atom stereocenters. The van der Waals surface area contributed by atoms with Crippen LogP contribution in [0.15, 0.2) is 47.5 Å². The summed E-state index contributed by atoms with van der Waals surface area (Å²) in [6.07, 6.45) is 1.28. The Bertz CT molecular complexity index is 822. The maximum atomic E-state index is 11.4. The molecule has 1 amide bonds. The Morgan fingerprint density at radius 1 is 1.14 bits per heavy atom. The number of hydrogen-bond acceptors (Lipinski definition) is 3. The number of amides is 1. The highest BCUT2D eigenvalue weighted by Crippen LogP contribution is 2.26. The monoisotopic (exact) mass is 494 g/mol. The number of ether oxygens (including phenoxy) is 1. The Morgan fingerprint density at radius 2 is 1.93 bits per heavy atom. The van der Waals surface area contributed by atoms with E-state index in [0.29, 0.717) is 19.6 Å². The van der Waals surface area contributed by atoms with Crippen LogP contribution in [0.4, 0.5) is 5.69 Å². The summed E-state index contributed by atoms with van der Waals surface area (Å²) < 4.78 is 5.81. The minimum absolute atomic E-state index is 0. The molecule has 0 saturated carbocycles. The van der Waals surface area contributed by atoms with Gasteiger partial charge in [0, 0.05) is 25.7 Å². The Balaban J connectivity index is 0.00000280. The van der Waals surface area contributed by atoms with Crippen molar-refractivity contribution in [1.29, 1.82) is 0 Å². The van der Waals surface area contributed by atoms with Gasteiger partial charge in [-0.2, -0.15) is 0 Å². The number of aliphatic imine (C=N–C) groups is 1. The first-order valence-corrected chi connectivity index (χ1v) is 9.19. The van der Waals surface area contributed by atoms with Crippen LogP contribution in [-0.2, 0) is 17.8 Å². The summed E-state index contributed by atoms with van der Waals surface area (Å²) in [6, 6.07) is 14.2. The second kappa shape index (κ2) is 10.9. The van der Waals surface area contributed by atoms with E-state index in [1.165, 1.54) is 11.1 Å². The second-order valence-corrected chi connectivity index (χ2v) is 6.55. The van der Waals surface area contributed by atoms with Crippen LogP contribution in [0.5, 0.6) is 5.75 Å². The fraction of sp³-hybridized carbons (Fsp3) is 0.333. The third-order valence-corrected chi connectivity index (χ3v) is 4.44.